The molecule has 1 aliphatic heterocycles. The van der Waals surface area contributed by atoms with Crippen molar-refractivity contribution in [1.82, 2.24) is 20.1 Å². The van der Waals surface area contributed by atoms with Crippen LogP contribution in [-0.2, 0) is 29.0 Å². The van der Waals surface area contributed by atoms with E-state index < -0.39 is 0 Å². The fraction of sp³-hybridized carbons (Fsp3) is 0.500. The molecule has 0 saturated heterocycles. The molecular formula is C18H24N4O3. The topological polar surface area (TPSA) is 78.3 Å². The Labute approximate surface area is 147 Å². The number of hydrogen-bond acceptors (Lipinski definition) is 5. The van der Waals surface area contributed by atoms with E-state index in [2.05, 4.69) is 15.5 Å². The molecule has 1 aliphatic rings. The van der Waals surface area contributed by atoms with E-state index in [9.17, 15) is 4.79 Å². The first-order chi connectivity index (χ1) is 12.3. The highest BCUT2D eigenvalue weighted by atomic mass is 16.5. The summed E-state index contributed by atoms with van der Waals surface area (Å²) in [5, 5.41) is 11.0. The number of aromatic nitrogens is 3. The molecule has 1 unspecified atom stereocenters. The van der Waals surface area contributed by atoms with Gasteiger partial charge >= 0.3 is 0 Å². The van der Waals surface area contributed by atoms with Crippen LogP contribution in [0.1, 0.15) is 24.2 Å². The number of aryl methyl sites for hydroxylation is 1. The van der Waals surface area contributed by atoms with Crippen LogP contribution in [0.5, 0.6) is 5.75 Å². The minimum atomic E-state index is -0.0893. The van der Waals surface area contributed by atoms with E-state index >= 15 is 0 Å². The molecule has 7 heteroatoms. The molecule has 1 aromatic carbocycles. The van der Waals surface area contributed by atoms with Gasteiger partial charge in [-0.15, -0.1) is 10.2 Å². The highest BCUT2D eigenvalue weighted by Gasteiger charge is 2.23. The summed E-state index contributed by atoms with van der Waals surface area (Å²) in [7, 11) is 1.68. The maximum absolute atomic E-state index is 12.6. The minimum absolute atomic E-state index is 0.0340. The first kappa shape index (κ1) is 17.4. The van der Waals surface area contributed by atoms with E-state index in [1.165, 1.54) is 0 Å². The van der Waals surface area contributed by atoms with Crippen molar-refractivity contribution in [2.24, 2.45) is 5.92 Å². The SMILES string of the molecule is COCCCn1cnnc1CNC(=O)C1CCOc2ccccc2C1. The number of benzene rings is 1. The van der Waals surface area contributed by atoms with Gasteiger partial charge in [-0.1, -0.05) is 18.2 Å². The van der Waals surface area contributed by atoms with Crippen molar-refractivity contribution in [2.45, 2.75) is 32.4 Å². The van der Waals surface area contributed by atoms with Crippen molar-refractivity contribution in [1.29, 1.82) is 0 Å². The number of para-hydroxylation sites is 1. The quantitative estimate of drug-likeness (QED) is 0.772. The molecule has 2 heterocycles. The van der Waals surface area contributed by atoms with Crippen molar-refractivity contribution in [3.8, 4) is 5.75 Å². The molecule has 1 atom stereocenters. The highest BCUT2D eigenvalue weighted by molar-refractivity contribution is 5.79. The number of carbonyl (C=O) groups is 1. The number of amides is 1. The minimum Gasteiger partial charge on any atom is -0.493 e. The first-order valence-electron chi connectivity index (χ1n) is 8.62. The van der Waals surface area contributed by atoms with Gasteiger partial charge in [0.1, 0.15) is 12.1 Å². The Kier molecular flexibility index (Phi) is 6.00. The fourth-order valence-electron chi connectivity index (χ4n) is 3.01. The molecule has 7 nitrogen and oxygen atoms in total. The van der Waals surface area contributed by atoms with Crippen LogP contribution in [0, 0.1) is 5.92 Å². The zero-order valence-electron chi connectivity index (χ0n) is 14.5. The number of fused-ring (bicyclic) bond motifs is 1. The zero-order valence-corrected chi connectivity index (χ0v) is 14.5. The second-order valence-electron chi connectivity index (χ2n) is 6.15. The number of nitrogens with zero attached hydrogens (tertiary/aromatic N) is 3. The van der Waals surface area contributed by atoms with Crippen LogP contribution in [0.15, 0.2) is 30.6 Å². The predicted octanol–water partition coefficient (Wildman–Crippen LogP) is 1.57. The molecular weight excluding hydrogens is 320 g/mol. The molecule has 0 radical (unpaired) electrons. The molecule has 0 fully saturated rings. The third-order valence-corrected chi connectivity index (χ3v) is 4.40. The predicted molar refractivity (Wildman–Crippen MR) is 92.1 cm³/mol. The van der Waals surface area contributed by atoms with Gasteiger partial charge in [-0.3, -0.25) is 4.79 Å². The molecule has 0 bridgehead atoms. The Morgan fingerprint density at radius 1 is 1.44 bits per heavy atom. The number of rotatable bonds is 7. The second kappa shape index (κ2) is 8.62. The maximum Gasteiger partial charge on any atom is 0.223 e. The molecule has 1 N–H and O–H groups in total. The molecule has 2 aromatic rings. The Bertz CT molecular complexity index is 701. The summed E-state index contributed by atoms with van der Waals surface area (Å²) >= 11 is 0. The number of carbonyl (C=O) groups excluding carboxylic acids is 1. The van der Waals surface area contributed by atoms with Crippen molar-refractivity contribution >= 4 is 5.91 Å². The van der Waals surface area contributed by atoms with Crippen LogP contribution in [0.25, 0.3) is 0 Å². The van der Waals surface area contributed by atoms with Gasteiger partial charge in [0.05, 0.1) is 13.2 Å². The maximum atomic E-state index is 12.6. The van der Waals surface area contributed by atoms with Crippen molar-refractivity contribution in [3.63, 3.8) is 0 Å². The summed E-state index contributed by atoms with van der Waals surface area (Å²) in [6.07, 6.45) is 3.97. The molecule has 0 saturated carbocycles. The lowest BCUT2D eigenvalue weighted by Crippen LogP contribution is -2.32. The second-order valence-corrected chi connectivity index (χ2v) is 6.15. The van der Waals surface area contributed by atoms with Crippen LogP contribution >= 0.6 is 0 Å². The molecule has 3 rings (SSSR count). The van der Waals surface area contributed by atoms with Gasteiger partial charge in [-0.05, 0) is 30.9 Å². The lowest BCUT2D eigenvalue weighted by molar-refractivity contribution is -0.125. The van der Waals surface area contributed by atoms with Gasteiger partial charge in [0, 0.05) is 26.2 Å². The van der Waals surface area contributed by atoms with Crippen LogP contribution in [-0.4, -0.2) is 41.0 Å². The standard InChI is InChI=1S/C18H24N4O3/c1-24-9-4-8-22-13-20-21-17(22)12-19-18(23)15-7-10-25-16-6-3-2-5-14(16)11-15/h2-3,5-6,13,15H,4,7-12H2,1H3,(H,19,23). The molecule has 0 spiro atoms. The number of hydrogen-bond donors (Lipinski definition) is 1. The molecule has 0 aliphatic carbocycles. The lowest BCUT2D eigenvalue weighted by Gasteiger charge is -2.14. The van der Waals surface area contributed by atoms with E-state index in [-0.39, 0.29) is 11.8 Å². The zero-order chi connectivity index (χ0) is 17.5. The molecule has 25 heavy (non-hydrogen) atoms. The molecule has 1 aromatic heterocycles. The van der Waals surface area contributed by atoms with Gasteiger partial charge in [-0.2, -0.15) is 0 Å². The number of ether oxygens (including phenoxy) is 2. The fourth-order valence-corrected chi connectivity index (χ4v) is 3.01. The largest absolute Gasteiger partial charge is 0.493 e. The van der Waals surface area contributed by atoms with Gasteiger partial charge in [0.2, 0.25) is 5.91 Å². The Balaban J connectivity index is 1.55. The Morgan fingerprint density at radius 2 is 2.32 bits per heavy atom. The molecule has 134 valence electrons. The smallest absolute Gasteiger partial charge is 0.223 e. The van der Waals surface area contributed by atoms with Crippen LogP contribution in [0.3, 0.4) is 0 Å². The van der Waals surface area contributed by atoms with E-state index in [1.54, 1.807) is 13.4 Å². The van der Waals surface area contributed by atoms with E-state index in [0.717, 1.165) is 30.1 Å². The van der Waals surface area contributed by atoms with E-state index in [0.29, 0.717) is 32.6 Å². The summed E-state index contributed by atoms with van der Waals surface area (Å²) in [4.78, 5) is 12.6. The average Bonchev–Trinajstić information content (AvgIpc) is 2.96. The Morgan fingerprint density at radius 3 is 3.20 bits per heavy atom. The van der Waals surface area contributed by atoms with Crippen LogP contribution in [0.2, 0.25) is 0 Å². The van der Waals surface area contributed by atoms with Crippen LogP contribution in [0.4, 0.5) is 0 Å². The van der Waals surface area contributed by atoms with Gasteiger partial charge < -0.3 is 19.4 Å². The van der Waals surface area contributed by atoms with Crippen LogP contribution < -0.4 is 10.1 Å². The average molecular weight is 344 g/mol. The monoisotopic (exact) mass is 344 g/mol. The Hall–Kier alpha value is -2.41. The molecule has 1 amide bonds. The summed E-state index contributed by atoms with van der Waals surface area (Å²) in [5.74, 6) is 1.59. The van der Waals surface area contributed by atoms with Gasteiger partial charge in [0.15, 0.2) is 5.82 Å². The summed E-state index contributed by atoms with van der Waals surface area (Å²) in [6.45, 7) is 2.40. The summed E-state index contributed by atoms with van der Waals surface area (Å²) in [5.41, 5.74) is 1.09. The van der Waals surface area contributed by atoms with Crippen molar-refractivity contribution in [3.05, 3.63) is 42.0 Å². The van der Waals surface area contributed by atoms with Crippen molar-refractivity contribution in [2.75, 3.05) is 20.3 Å². The first-order valence-corrected chi connectivity index (χ1v) is 8.62. The van der Waals surface area contributed by atoms with E-state index in [1.807, 2.05) is 28.8 Å². The third kappa shape index (κ3) is 4.57. The van der Waals surface area contributed by atoms with E-state index in [4.69, 9.17) is 9.47 Å². The van der Waals surface area contributed by atoms with Crippen molar-refractivity contribution < 1.29 is 14.3 Å². The number of nitrogens with one attached hydrogen (secondary N) is 1. The number of methoxy groups -OCH3 is 1. The highest BCUT2D eigenvalue weighted by Crippen LogP contribution is 2.26. The van der Waals surface area contributed by atoms with Gasteiger partial charge in [-0.25, -0.2) is 0 Å². The lowest BCUT2D eigenvalue weighted by atomic mass is 9.96. The third-order valence-electron chi connectivity index (χ3n) is 4.40. The van der Waals surface area contributed by atoms with Gasteiger partial charge in [0.25, 0.3) is 0 Å². The normalized spacial score (nSPS) is 16.6. The summed E-state index contributed by atoms with van der Waals surface area (Å²) < 4.78 is 12.7. The summed E-state index contributed by atoms with van der Waals surface area (Å²) in [6, 6.07) is 7.91.